The maximum absolute atomic E-state index is 13.7. The van der Waals surface area contributed by atoms with Crippen molar-refractivity contribution in [3.8, 4) is 0 Å². The first-order valence-corrected chi connectivity index (χ1v) is 26.4. The molecule has 0 bridgehead atoms. The highest BCUT2D eigenvalue weighted by molar-refractivity contribution is 8.77. The summed E-state index contributed by atoms with van der Waals surface area (Å²) in [7, 11) is 11.1. The number of likely N-dealkylation sites (tertiary alicyclic amines) is 1. The largest absolute Gasteiger partial charge is 0.476 e. The highest BCUT2D eigenvalue weighted by atomic mass is 33.1. The number of carboxylic acid groups (broad SMARTS) is 1. The van der Waals surface area contributed by atoms with Crippen LogP contribution in [0.4, 0.5) is 4.79 Å². The number of benzene rings is 1. The van der Waals surface area contributed by atoms with Crippen molar-refractivity contribution >= 4 is 57.8 Å². The molecule has 1 aromatic carbocycles. The predicted molar refractivity (Wildman–Crippen MR) is 276 cm³/mol. The zero-order valence-corrected chi connectivity index (χ0v) is 46.2. The number of ether oxygens (including phenoxy) is 3. The van der Waals surface area contributed by atoms with Crippen LogP contribution in [0.1, 0.15) is 130 Å². The molecule has 2 aromatic rings. The molecule has 4 N–H and O–H groups in total. The molecule has 3 rings (SSSR count). The van der Waals surface area contributed by atoms with Gasteiger partial charge in [-0.1, -0.05) is 102 Å². The molecule has 1 aliphatic rings. The van der Waals surface area contributed by atoms with Gasteiger partial charge in [-0.2, -0.15) is 0 Å². The van der Waals surface area contributed by atoms with E-state index in [1.165, 1.54) is 41.3 Å². The Labute approximate surface area is 425 Å². The van der Waals surface area contributed by atoms with E-state index in [1.807, 2.05) is 65.0 Å². The third-order valence-electron chi connectivity index (χ3n) is 12.4. The Kier molecular flexibility index (Phi) is 29.0. The number of aliphatic hydroxyl groups is 1. The second-order valence-electron chi connectivity index (χ2n) is 18.9. The summed E-state index contributed by atoms with van der Waals surface area (Å²) in [6.45, 7) is 22.5. The van der Waals surface area contributed by atoms with Crippen LogP contribution in [0.3, 0.4) is 0 Å². The van der Waals surface area contributed by atoms with Gasteiger partial charge in [-0.25, -0.2) is 14.6 Å². The molecule has 0 spiro atoms. The van der Waals surface area contributed by atoms with E-state index in [0.717, 1.165) is 12.8 Å². The number of carboxylic acids is 1. The highest BCUT2D eigenvalue weighted by Gasteiger charge is 2.42. The van der Waals surface area contributed by atoms with E-state index in [2.05, 4.69) is 43.3 Å². The molecular weight excluding hydrogens is 939 g/mol. The molecule has 1 fully saturated rings. The Balaban J connectivity index is 0.000000742. The Morgan fingerprint density at radius 1 is 0.986 bits per heavy atom. The van der Waals surface area contributed by atoms with Crippen LogP contribution in [-0.4, -0.2) is 160 Å². The summed E-state index contributed by atoms with van der Waals surface area (Å²) in [6.07, 6.45) is 3.15. The summed E-state index contributed by atoms with van der Waals surface area (Å²) < 4.78 is 18.4. The van der Waals surface area contributed by atoms with E-state index >= 15 is 0 Å². The van der Waals surface area contributed by atoms with Crippen LogP contribution in [0.25, 0.3) is 0 Å². The first-order chi connectivity index (χ1) is 32.9. The van der Waals surface area contributed by atoms with Gasteiger partial charge >= 0.3 is 12.1 Å². The van der Waals surface area contributed by atoms with Gasteiger partial charge in [0.15, 0.2) is 10.9 Å². The van der Waals surface area contributed by atoms with Crippen molar-refractivity contribution in [2.75, 3.05) is 48.0 Å². The first-order valence-electron chi connectivity index (χ1n) is 24.2. The highest BCUT2D eigenvalue weighted by Crippen LogP contribution is 2.40. The lowest BCUT2D eigenvalue weighted by molar-refractivity contribution is -0.145. The molecule has 0 radical (unpaired) electrons. The normalized spacial score (nSPS) is 16.9. The van der Waals surface area contributed by atoms with Crippen molar-refractivity contribution in [3.05, 3.63) is 47.8 Å². The number of hydrogen-bond acceptors (Lipinski definition) is 13. The third-order valence-corrected chi connectivity index (χ3v) is 15.7. The SMILES string of the molecule is CC(C)C(C)N(C)C(=O)OCC(C)(C)SSc1nc(C(=O)O)cn1C.CCC.CCC(C)C(C(CC(=O)N1CCCC1C(OC)C(C)C(=O)NC(C)C(O)c1ccccc1)OC)N(C)C(=O)CNC=O. The number of aryl methyl sites for hydroxylation is 1. The van der Waals surface area contributed by atoms with Crippen LogP contribution in [0, 0.1) is 17.8 Å². The fraction of sp³-hybridized carbons (Fsp3) is 0.700. The van der Waals surface area contributed by atoms with Crippen molar-refractivity contribution in [1.82, 2.24) is 34.9 Å². The second-order valence-corrected chi connectivity index (χ2v) is 21.7. The monoisotopic (exact) mass is 1020 g/mol. The lowest BCUT2D eigenvalue weighted by atomic mass is 9.90. The van der Waals surface area contributed by atoms with E-state index in [9.17, 15) is 33.9 Å². The number of aromatic carboxylic acids is 1. The lowest BCUT2D eigenvalue weighted by Gasteiger charge is -2.39. The van der Waals surface area contributed by atoms with Gasteiger partial charge in [-0.3, -0.25) is 19.2 Å². The van der Waals surface area contributed by atoms with Crippen molar-refractivity contribution < 1.29 is 53.2 Å². The summed E-state index contributed by atoms with van der Waals surface area (Å²) in [5, 5.41) is 25.6. The lowest BCUT2D eigenvalue weighted by Crippen LogP contribution is -2.54. The molecule has 9 atom stereocenters. The molecular formula is C50H85N7O11S2. The number of hydrogen-bond donors (Lipinski definition) is 4. The van der Waals surface area contributed by atoms with Crippen LogP contribution in [-0.2, 0) is 40.4 Å². The van der Waals surface area contributed by atoms with Crippen molar-refractivity contribution in [2.24, 2.45) is 24.8 Å². The zero-order chi connectivity index (χ0) is 53.5. The minimum absolute atomic E-state index is 0.0131. The van der Waals surface area contributed by atoms with E-state index in [1.54, 1.807) is 61.4 Å². The number of rotatable bonds is 25. The molecule has 0 saturated carbocycles. The van der Waals surface area contributed by atoms with E-state index < -0.39 is 36.2 Å². The number of nitrogens with zero attached hydrogens (tertiary/aromatic N) is 5. The van der Waals surface area contributed by atoms with Gasteiger partial charge in [0.05, 0.1) is 60.1 Å². The summed E-state index contributed by atoms with van der Waals surface area (Å²) in [5.74, 6) is -1.92. The van der Waals surface area contributed by atoms with Gasteiger partial charge in [0.25, 0.3) is 0 Å². The minimum atomic E-state index is -1.05. The molecule has 1 aliphatic heterocycles. The summed E-state index contributed by atoms with van der Waals surface area (Å²) >= 11 is 0. The molecule has 70 heavy (non-hydrogen) atoms. The maximum atomic E-state index is 13.7. The van der Waals surface area contributed by atoms with E-state index in [0.29, 0.717) is 36.0 Å². The minimum Gasteiger partial charge on any atom is -0.476 e. The van der Waals surface area contributed by atoms with Gasteiger partial charge in [0, 0.05) is 54.1 Å². The third kappa shape index (κ3) is 20.0. The fourth-order valence-electron chi connectivity index (χ4n) is 7.71. The van der Waals surface area contributed by atoms with Crippen LogP contribution < -0.4 is 10.6 Å². The number of methoxy groups -OCH3 is 2. The molecule has 18 nitrogen and oxygen atoms in total. The Bertz CT molecular complexity index is 1910. The van der Waals surface area contributed by atoms with Gasteiger partial charge < -0.3 is 54.3 Å². The fourth-order valence-corrected chi connectivity index (χ4v) is 9.93. The second kappa shape index (κ2) is 31.9. The summed E-state index contributed by atoms with van der Waals surface area (Å²) in [4.78, 5) is 82.6. The van der Waals surface area contributed by atoms with Gasteiger partial charge in [0.2, 0.25) is 24.1 Å². The quantitative estimate of drug-likeness (QED) is 0.0578. The molecule has 5 amide bonds. The number of likely N-dealkylation sites (N-methyl/N-ethyl adjacent to an activating group) is 1. The molecule has 0 aliphatic carbocycles. The smallest absolute Gasteiger partial charge is 0.409 e. The molecule has 2 heterocycles. The number of carbonyl (C=O) groups excluding carboxylic acids is 5. The summed E-state index contributed by atoms with van der Waals surface area (Å²) in [5.41, 5.74) is 0.726. The number of carbonyl (C=O) groups is 6. The first kappa shape index (κ1) is 63.6. The van der Waals surface area contributed by atoms with Crippen molar-refractivity contribution in [1.29, 1.82) is 0 Å². The van der Waals surface area contributed by atoms with Gasteiger partial charge in [-0.15, -0.1) is 0 Å². The maximum Gasteiger partial charge on any atom is 0.409 e. The number of amides is 5. The molecule has 1 saturated heterocycles. The average molecular weight is 1020 g/mol. The van der Waals surface area contributed by atoms with E-state index in [-0.39, 0.29) is 77.9 Å². The number of aromatic nitrogens is 2. The number of aliphatic hydroxyl groups excluding tert-OH is 1. The van der Waals surface area contributed by atoms with E-state index in [4.69, 9.17) is 19.3 Å². The Hall–Kier alpha value is -4.37. The predicted octanol–water partition coefficient (Wildman–Crippen LogP) is 7.06. The standard InChI is InChI=1S/C31H50N4O7.C16H27N3O4S2.C3H8/c1-8-20(2)28(34(5)27(38)18-32-19-36)25(41-6)17-26(37)35-16-12-15-24(35)30(42-7)21(3)31(40)33-22(4)29(39)23-13-10-9-11-14-23;1-10(2)11(3)19(7)15(22)23-9-16(4,5)25-24-14-17-12(13(20)21)8-18(14)6;1-3-2/h9-11,13-14,19-22,24-25,28-30,39H,8,12,15-18H2,1-7H3,(H,32,36)(H,33,40);8,10-11H,9H2,1-7H3,(H,20,21);3H2,1-2H3. The Morgan fingerprint density at radius 2 is 1.60 bits per heavy atom. The summed E-state index contributed by atoms with van der Waals surface area (Å²) in [6, 6.07) is 8.04. The van der Waals surface area contributed by atoms with Crippen molar-refractivity contribution in [2.45, 2.75) is 161 Å². The Morgan fingerprint density at radius 3 is 2.11 bits per heavy atom. The average Bonchev–Trinajstić information content (AvgIpc) is 3.98. The topological polar surface area (TPSA) is 222 Å². The van der Waals surface area contributed by atoms with Crippen LogP contribution in [0.15, 0.2) is 41.7 Å². The molecule has 9 unspecified atom stereocenters. The van der Waals surface area contributed by atoms with Gasteiger partial charge in [0.1, 0.15) is 6.61 Å². The van der Waals surface area contributed by atoms with Crippen LogP contribution >= 0.6 is 21.6 Å². The zero-order valence-electron chi connectivity index (χ0n) is 44.6. The molecule has 1 aromatic heterocycles. The van der Waals surface area contributed by atoms with Crippen LogP contribution in [0.5, 0.6) is 0 Å². The molecule has 398 valence electrons. The van der Waals surface area contributed by atoms with Crippen molar-refractivity contribution in [3.63, 3.8) is 0 Å². The molecule has 20 heteroatoms. The van der Waals surface area contributed by atoms with Crippen LogP contribution in [0.2, 0.25) is 0 Å². The number of nitrogens with one attached hydrogen (secondary N) is 2. The number of imidazole rings is 1. The van der Waals surface area contributed by atoms with Gasteiger partial charge in [-0.05, 0) is 68.7 Å².